The third kappa shape index (κ3) is 4.03. The van der Waals surface area contributed by atoms with Gasteiger partial charge in [-0.3, -0.25) is 4.79 Å². The Morgan fingerprint density at radius 3 is 2.52 bits per heavy atom. The molecule has 1 amide bonds. The Hall–Kier alpha value is -2.95. The van der Waals surface area contributed by atoms with Crippen molar-refractivity contribution in [1.82, 2.24) is 20.1 Å². The number of aromatic nitrogens is 3. The molecule has 0 aliphatic rings. The molecule has 0 unspecified atom stereocenters. The van der Waals surface area contributed by atoms with Crippen molar-refractivity contribution in [3.8, 4) is 5.69 Å². The predicted octanol–water partition coefficient (Wildman–Crippen LogP) is 2.63. The molecule has 0 aliphatic heterocycles. The second-order valence-electron chi connectivity index (χ2n) is 5.23. The van der Waals surface area contributed by atoms with Gasteiger partial charge in [-0.25, -0.2) is 9.67 Å². The van der Waals surface area contributed by atoms with Crippen molar-refractivity contribution in [3.63, 3.8) is 0 Å². The average molecular weight is 306 g/mol. The van der Waals surface area contributed by atoms with E-state index in [9.17, 15) is 4.79 Å². The van der Waals surface area contributed by atoms with Crippen LogP contribution in [0, 0.1) is 0 Å². The minimum atomic E-state index is -0.0526. The van der Waals surface area contributed by atoms with E-state index in [0.29, 0.717) is 12.1 Å². The van der Waals surface area contributed by atoms with Gasteiger partial charge in [-0.05, 0) is 42.7 Å². The van der Waals surface area contributed by atoms with E-state index < -0.39 is 0 Å². The predicted molar refractivity (Wildman–Crippen MR) is 88.5 cm³/mol. The second kappa shape index (κ2) is 7.35. The first kappa shape index (κ1) is 15.0. The Kier molecular flexibility index (Phi) is 4.79. The molecule has 1 aromatic heterocycles. The molecule has 0 aliphatic carbocycles. The first-order chi connectivity index (χ1) is 11.3. The van der Waals surface area contributed by atoms with Crippen molar-refractivity contribution in [1.29, 1.82) is 0 Å². The molecule has 2 aromatic carbocycles. The largest absolute Gasteiger partial charge is 0.352 e. The fourth-order valence-electron chi connectivity index (χ4n) is 2.35. The molecule has 0 saturated carbocycles. The maximum atomic E-state index is 12.1. The zero-order chi connectivity index (χ0) is 15.9. The van der Waals surface area contributed by atoms with Crippen molar-refractivity contribution in [2.45, 2.75) is 12.8 Å². The molecule has 1 N–H and O–H groups in total. The number of aryl methyl sites for hydroxylation is 1. The summed E-state index contributed by atoms with van der Waals surface area (Å²) in [6.07, 6.45) is 4.99. The van der Waals surface area contributed by atoms with Gasteiger partial charge in [0.15, 0.2) is 0 Å². The number of amides is 1. The fourth-order valence-corrected chi connectivity index (χ4v) is 2.35. The summed E-state index contributed by atoms with van der Waals surface area (Å²) in [5, 5.41) is 7.01. The van der Waals surface area contributed by atoms with Gasteiger partial charge in [0.1, 0.15) is 12.7 Å². The molecule has 0 bridgehead atoms. The second-order valence-corrected chi connectivity index (χ2v) is 5.23. The zero-order valence-electron chi connectivity index (χ0n) is 12.7. The number of rotatable bonds is 6. The number of carbonyl (C=O) groups excluding carboxylic acids is 1. The minimum Gasteiger partial charge on any atom is -0.352 e. The highest BCUT2D eigenvalue weighted by Crippen LogP contribution is 2.08. The smallest absolute Gasteiger partial charge is 0.251 e. The van der Waals surface area contributed by atoms with Crippen LogP contribution < -0.4 is 5.32 Å². The highest BCUT2D eigenvalue weighted by atomic mass is 16.1. The van der Waals surface area contributed by atoms with E-state index in [1.54, 1.807) is 23.1 Å². The summed E-state index contributed by atoms with van der Waals surface area (Å²) in [6.45, 7) is 0.665. The number of carbonyl (C=O) groups is 1. The van der Waals surface area contributed by atoms with Crippen molar-refractivity contribution in [2.75, 3.05) is 6.54 Å². The molecule has 0 atom stereocenters. The maximum absolute atomic E-state index is 12.1. The van der Waals surface area contributed by atoms with Crippen LogP contribution in [0.2, 0.25) is 0 Å². The van der Waals surface area contributed by atoms with Gasteiger partial charge in [-0.1, -0.05) is 30.3 Å². The van der Waals surface area contributed by atoms with Gasteiger partial charge < -0.3 is 5.32 Å². The lowest BCUT2D eigenvalue weighted by atomic mass is 10.1. The van der Waals surface area contributed by atoms with E-state index in [2.05, 4.69) is 27.5 Å². The SMILES string of the molecule is O=C(NCCCc1ccccc1)c1ccc(-n2cncn2)cc1. The van der Waals surface area contributed by atoms with E-state index in [0.717, 1.165) is 18.5 Å². The summed E-state index contributed by atoms with van der Waals surface area (Å²) in [7, 11) is 0. The van der Waals surface area contributed by atoms with Gasteiger partial charge >= 0.3 is 0 Å². The summed E-state index contributed by atoms with van der Waals surface area (Å²) in [4.78, 5) is 16.0. The van der Waals surface area contributed by atoms with Gasteiger partial charge in [0.05, 0.1) is 5.69 Å². The molecule has 0 spiro atoms. The van der Waals surface area contributed by atoms with Crippen LogP contribution in [0.1, 0.15) is 22.3 Å². The number of hydrogen-bond donors (Lipinski definition) is 1. The Morgan fingerprint density at radius 2 is 1.83 bits per heavy atom. The number of benzene rings is 2. The number of nitrogens with zero attached hydrogens (tertiary/aromatic N) is 3. The van der Waals surface area contributed by atoms with Gasteiger partial charge in [-0.2, -0.15) is 5.10 Å². The first-order valence-electron chi connectivity index (χ1n) is 7.60. The van der Waals surface area contributed by atoms with Crippen LogP contribution in [0.5, 0.6) is 0 Å². The third-order valence-electron chi connectivity index (χ3n) is 3.58. The highest BCUT2D eigenvalue weighted by molar-refractivity contribution is 5.94. The van der Waals surface area contributed by atoms with Crippen LogP contribution in [0.15, 0.2) is 67.3 Å². The molecular formula is C18H18N4O. The van der Waals surface area contributed by atoms with E-state index in [1.807, 2.05) is 30.3 Å². The van der Waals surface area contributed by atoms with Gasteiger partial charge in [0.2, 0.25) is 0 Å². The lowest BCUT2D eigenvalue weighted by Crippen LogP contribution is -2.24. The van der Waals surface area contributed by atoms with Crippen LogP contribution in [-0.2, 0) is 6.42 Å². The summed E-state index contributed by atoms with van der Waals surface area (Å²) < 4.78 is 1.65. The van der Waals surface area contributed by atoms with Crippen LogP contribution >= 0.6 is 0 Å². The van der Waals surface area contributed by atoms with E-state index in [4.69, 9.17) is 0 Å². The van der Waals surface area contributed by atoms with E-state index in [-0.39, 0.29) is 5.91 Å². The Bertz CT molecular complexity index is 736. The standard InChI is InChI=1S/C18H18N4O/c23-18(20-12-4-7-15-5-2-1-3-6-15)16-8-10-17(11-9-16)22-14-19-13-21-22/h1-3,5-6,8-11,13-14H,4,7,12H2,(H,20,23). The highest BCUT2D eigenvalue weighted by Gasteiger charge is 2.05. The van der Waals surface area contributed by atoms with Crippen LogP contribution in [0.4, 0.5) is 0 Å². The minimum absolute atomic E-state index is 0.0526. The summed E-state index contributed by atoms with van der Waals surface area (Å²) in [5.41, 5.74) is 2.82. The molecule has 0 saturated heterocycles. The Balaban J connectivity index is 1.48. The average Bonchev–Trinajstić information content (AvgIpc) is 3.14. The van der Waals surface area contributed by atoms with Crippen molar-refractivity contribution in [2.24, 2.45) is 0 Å². The fraction of sp³-hybridized carbons (Fsp3) is 0.167. The molecule has 0 radical (unpaired) electrons. The lowest BCUT2D eigenvalue weighted by Gasteiger charge is -2.06. The molecule has 23 heavy (non-hydrogen) atoms. The molecule has 3 aromatic rings. The molecule has 3 rings (SSSR count). The monoisotopic (exact) mass is 306 g/mol. The van der Waals surface area contributed by atoms with Crippen molar-refractivity contribution < 1.29 is 4.79 Å². The summed E-state index contributed by atoms with van der Waals surface area (Å²) >= 11 is 0. The number of hydrogen-bond acceptors (Lipinski definition) is 3. The molecular weight excluding hydrogens is 288 g/mol. The van der Waals surface area contributed by atoms with Crippen molar-refractivity contribution >= 4 is 5.91 Å². The molecule has 0 fully saturated rings. The van der Waals surface area contributed by atoms with E-state index >= 15 is 0 Å². The maximum Gasteiger partial charge on any atom is 0.251 e. The molecule has 5 nitrogen and oxygen atoms in total. The van der Waals surface area contributed by atoms with Crippen LogP contribution in [0.3, 0.4) is 0 Å². The van der Waals surface area contributed by atoms with Gasteiger partial charge in [-0.15, -0.1) is 0 Å². The summed E-state index contributed by atoms with van der Waals surface area (Å²) in [5.74, 6) is -0.0526. The first-order valence-corrected chi connectivity index (χ1v) is 7.60. The number of nitrogens with one attached hydrogen (secondary N) is 1. The molecule has 1 heterocycles. The molecule has 116 valence electrons. The lowest BCUT2D eigenvalue weighted by molar-refractivity contribution is 0.0953. The third-order valence-corrected chi connectivity index (χ3v) is 3.58. The molecule has 5 heteroatoms. The van der Waals surface area contributed by atoms with Gasteiger partial charge in [0.25, 0.3) is 5.91 Å². The van der Waals surface area contributed by atoms with Crippen LogP contribution in [0.25, 0.3) is 5.69 Å². The summed E-state index contributed by atoms with van der Waals surface area (Å²) in [6, 6.07) is 17.6. The van der Waals surface area contributed by atoms with Gasteiger partial charge in [0, 0.05) is 12.1 Å². The topological polar surface area (TPSA) is 59.8 Å². The van der Waals surface area contributed by atoms with E-state index in [1.165, 1.54) is 11.9 Å². The Morgan fingerprint density at radius 1 is 1.04 bits per heavy atom. The Labute approximate surface area is 135 Å². The zero-order valence-corrected chi connectivity index (χ0v) is 12.7. The normalized spacial score (nSPS) is 10.4. The van der Waals surface area contributed by atoms with Crippen molar-refractivity contribution in [3.05, 3.63) is 78.4 Å². The van der Waals surface area contributed by atoms with Crippen LogP contribution in [-0.4, -0.2) is 27.2 Å². The quantitative estimate of drug-likeness (QED) is 0.712.